The number of unbranched alkanes of at least 4 members (excludes halogenated alkanes) is 2. The molecule has 0 saturated carbocycles. The molecular formula is C15H23N2O4P. The number of imidazole rings is 1. The standard InChI is InChI=1S/C15H23N2O4P/c1-12-16-14-8-7-13(20-2)11-15(14)17(12)9-5-4-6-10-21-22(3,18)19/h7-8,11H,4-6,9-10H2,1-3H3,(H,18,19). The second-order valence-corrected chi connectivity index (χ2v) is 7.23. The molecule has 1 unspecified atom stereocenters. The molecule has 1 atom stereocenters. The van der Waals surface area contributed by atoms with Crippen LogP contribution >= 0.6 is 7.60 Å². The van der Waals surface area contributed by atoms with E-state index >= 15 is 0 Å². The molecule has 7 heteroatoms. The monoisotopic (exact) mass is 326 g/mol. The van der Waals surface area contributed by atoms with Crippen LogP contribution in [0.15, 0.2) is 18.2 Å². The van der Waals surface area contributed by atoms with Crippen LogP contribution in [0.2, 0.25) is 0 Å². The molecule has 0 saturated heterocycles. The quantitative estimate of drug-likeness (QED) is 0.595. The lowest BCUT2D eigenvalue weighted by Crippen LogP contribution is -2.01. The second kappa shape index (κ2) is 7.27. The molecule has 0 aliphatic rings. The van der Waals surface area contributed by atoms with Crippen molar-refractivity contribution in [2.45, 2.75) is 32.7 Å². The lowest BCUT2D eigenvalue weighted by molar-refractivity contribution is 0.257. The van der Waals surface area contributed by atoms with Crippen molar-refractivity contribution in [1.82, 2.24) is 9.55 Å². The molecule has 0 radical (unpaired) electrons. The van der Waals surface area contributed by atoms with E-state index < -0.39 is 7.60 Å². The molecule has 1 heterocycles. The number of fused-ring (bicyclic) bond motifs is 1. The Morgan fingerprint density at radius 1 is 1.32 bits per heavy atom. The summed E-state index contributed by atoms with van der Waals surface area (Å²) in [4.78, 5) is 13.6. The minimum Gasteiger partial charge on any atom is -0.497 e. The molecule has 122 valence electrons. The first kappa shape index (κ1) is 17.0. The summed E-state index contributed by atoms with van der Waals surface area (Å²) in [6.45, 7) is 4.39. The van der Waals surface area contributed by atoms with Crippen LogP contribution in [0.3, 0.4) is 0 Å². The van der Waals surface area contributed by atoms with E-state index in [0.29, 0.717) is 6.61 Å². The first-order valence-electron chi connectivity index (χ1n) is 7.36. The van der Waals surface area contributed by atoms with E-state index in [1.54, 1.807) is 7.11 Å². The van der Waals surface area contributed by atoms with Crippen molar-refractivity contribution in [3.63, 3.8) is 0 Å². The average molecular weight is 326 g/mol. The predicted molar refractivity (Wildman–Crippen MR) is 86.6 cm³/mol. The zero-order valence-electron chi connectivity index (χ0n) is 13.3. The molecule has 2 rings (SSSR count). The molecule has 2 aromatic rings. The number of methoxy groups -OCH3 is 1. The SMILES string of the molecule is COc1ccc2nc(C)n(CCCCCOP(C)(=O)O)c2c1. The third-order valence-electron chi connectivity index (χ3n) is 3.50. The van der Waals surface area contributed by atoms with E-state index in [-0.39, 0.29) is 0 Å². The first-order valence-corrected chi connectivity index (χ1v) is 9.39. The molecule has 0 fully saturated rings. The van der Waals surface area contributed by atoms with Gasteiger partial charge in [-0.2, -0.15) is 0 Å². The Labute approximate surface area is 130 Å². The summed E-state index contributed by atoms with van der Waals surface area (Å²) in [5.74, 6) is 1.80. The lowest BCUT2D eigenvalue weighted by atomic mass is 10.2. The number of aryl methyl sites for hydroxylation is 2. The van der Waals surface area contributed by atoms with Gasteiger partial charge in [-0.1, -0.05) is 0 Å². The minimum absolute atomic E-state index is 0.321. The van der Waals surface area contributed by atoms with E-state index in [1.165, 1.54) is 6.66 Å². The third kappa shape index (κ3) is 4.57. The Hall–Kier alpha value is -1.36. The van der Waals surface area contributed by atoms with Gasteiger partial charge in [-0.15, -0.1) is 0 Å². The van der Waals surface area contributed by atoms with Gasteiger partial charge in [0.05, 0.1) is 24.8 Å². The maximum atomic E-state index is 11.0. The van der Waals surface area contributed by atoms with Crippen LogP contribution in [-0.4, -0.2) is 34.8 Å². The number of aromatic nitrogens is 2. The normalized spacial score (nSPS) is 14.2. The van der Waals surface area contributed by atoms with Gasteiger partial charge < -0.3 is 18.7 Å². The summed E-state index contributed by atoms with van der Waals surface area (Å²) >= 11 is 0. The highest BCUT2D eigenvalue weighted by Gasteiger charge is 2.10. The Bertz CT molecular complexity index is 677. The highest BCUT2D eigenvalue weighted by Crippen LogP contribution is 2.36. The molecule has 0 spiro atoms. The number of benzene rings is 1. The van der Waals surface area contributed by atoms with Gasteiger partial charge in [-0.3, -0.25) is 4.57 Å². The molecule has 0 amide bonds. The minimum atomic E-state index is -3.34. The molecule has 1 aromatic carbocycles. The molecule has 1 aromatic heterocycles. The van der Waals surface area contributed by atoms with Gasteiger partial charge in [0.1, 0.15) is 11.6 Å². The van der Waals surface area contributed by atoms with Crippen LogP contribution in [0.25, 0.3) is 11.0 Å². The van der Waals surface area contributed by atoms with Crippen LogP contribution < -0.4 is 4.74 Å². The zero-order valence-corrected chi connectivity index (χ0v) is 14.2. The van der Waals surface area contributed by atoms with Gasteiger partial charge in [-0.05, 0) is 38.3 Å². The largest absolute Gasteiger partial charge is 0.497 e. The Morgan fingerprint density at radius 3 is 2.77 bits per heavy atom. The molecule has 22 heavy (non-hydrogen) atoms. The summed E-state index contributed by atoms with van der Waals surface area (Å²) in [7, 11) is -1.69. The van der Waals surface area contributed by atoms with Crippen molar-refractivity contribution >= 4 is 18.6 Å². The summed E-state index contributed by atoms with van der Waals surface area (Å²) < 4.78 is 23.3. The van der Waals surface area contributed by atoms with Crippen molar-refractivity contribution in [1.29, 1.82) is 0 Å². The van der Waals surface area contributed by atoms with Crippen molar-refractivity contribution in [2.75, 3.05) is 20.4 Å². The van der Waals surface area contributed by atoms with Crippen molar-refractivity contribution < 1.29 is 18.7 Å². The van der Waals surface area contributed by atoms with Crippen molar-refractivity contribution in [3.8, 4) is 5.75 Å². The summed E-state index contributed by atoms with van der Waals surface area (Å²) in [5.41, 5.74) is 2.04. The average Bonchev–Trinajstić information content (AvgIpc) is 2.76. The van der Waals surface area contributed by atoms with Crippen molar-refractivity contribution in [2.24, 2.45) is 0 Å². The van der Waals surface area contributed by atoms with Crippen molar-refractivity contribution in [3.05, 3.63) is 24.0 Å². The summed E-state index contributed by atoms with van der Waals surface area (Å²) in [6.07, 6.45) is 2.67. The van der Waals surface area contributed by atoms with Gasteiger partial charge in [0, 0.05) is 19.3 Å². The van der Waals surface area contributed by atoms with E-state index in [2.05, 4.69) is 9.55 Å². The van der Waals surface area contributed by atoms with Gasteiger partial charge in [0.2, 0.25) is 0 Å². The Balaban J connectivity index is 1.91. The van der Waals surface area contributed by atoms with Crippen LogP contribution in [0, 0.1) is 6.92 Å². The van der Waals surface area contributed by atoms with E-state index in [1.807, 2.05) is 25.1 Å². The van der Waals surface area contributed by atoms with Crippen LogP contribution in [0.5, 0.6) is 5.75 Å². The molecular weight excluding hydrogens is 303 g/mol. The van der Waals surface area contributed by atoms with Gasteiger partial charge >= 0.3 is 7.60 Å². The van der Waals surface area contributed by atoms with Crippen LogP contribution in [0.4, 0.5) is 0 Å². The Morgan fingerprint density at radius 2 is 2.09 bits per heavy atom. The summed E-state index contributed by atoms with van der Waals surface area (Å²) in [5, 5.41) is 0. The summed E-state index contributed by atoms with van der Waals surface area (Å²) in [6, 6.07) is 5.87. The predicted octanol–water partition coefficient (Wildman–Crippen LogP) is 3.36. The highest BCUT2D eigenvalue weighted by molar-refractivity contribution is 7.51. The van der Waals surface area contributed by atoms with Gasteiger partial charge in [-0.25, -0.2) is 4.98 Å². The Kier molecular flexibility index (Phi) is 5.62. The molecule has 0 bridgehead atoms. The van der Waals surface area contributed by atoms with E-state index in [4.69, 9.17) is 14.2 Å². The number of hydrogen-bond donors (Lipinski definition) is 1. The zero-order chi connectivity index (χ0) is 16.2. The maximum absolute atomic E-state index is 11.0. The fourth-order valence-corrected chi connectivity index (χ4v) is 2.88. The fourth-order valence-electron chi connectivity index (χ4n) is 2.41. The highest BCUT2D eigenvalue weighted by atomic mass is 31.2. The smallest absolute Gasteiger partial charge is 0.325 e. The number of ether oxygens (including phenoxy) is 1. The number of rotatable bonds is 8. The lowest BCUT2D eigenvalue weighted by Gasteiger charge is -2.09. The van der Waals surface area contributed by atoms with Gasteiger partial charge in [0.15, 0.2) is 0 Å². The van der Waals surface area contributed by atoms with E-state index in [9.17, 15) is 4.57 Å². The molecule has 0 aliphatic heterocycles. The van der Waals surface area contributed by atoms with Crippen LogP contribution in [-0.2, 0) is 15.6 Å². The van der Waals surface area contributed by atoms with Gasteiger partial charge in [0.25, 0.3) is 0 Å². The molecule has 1 N–H and O–H groups in total. The molecule has 6 nitrogen and oxygen atoms in total. The molecule has 0 aliphatic carbocycles. The number of hydrogen-bond acceptors (Lipinski definition) is 4. The fraction of sp³-hybridized carbons (Fsp3) is 0.533. The maximum Gasteiger partial charge on any atom is 0.325 e. The topological polar surface area (TPSA) is 73.6 Å². The second-order valence-electron chi connectivity index (χ2n) is 5.36. The number of nitrogens with zero attached hydrogens (tertiary/aromatic N) is 2. The van der Waals surface area contributed by atoms with Crippen LogP contribution in [0.1, 0.15) is 25.1 Å². The first-order chi connectivity index (χ1) is 10.4. The van der Waals surface area contributed by atoms with E-state index in [0.717, 1.165) is 48.4 Å². The third-order valence-corrected chi connectivity index (χ3v) is 4.16.